The summed E-state index contributed by atoms with van der Waals surface area (Å²) in [5, 5.41) is 0. The quantitative estimate of drug-likeness (QED) is 0.456. The third-order valence-corrected chi connectivity index (χ3v) is 2.39. The summed E-state index contributed by atoms with van der Waals surface area (Å²) in [5.41, 5.74) is -0.201. The number of hydrogen-bond donors (Lipinski definition) is 0. The van der Waals surface area contributed by atoms with Gasteiger partial charge in [0, 0.05) is 0 Å². The highest BCUT2D eigenvalue weighted by Crippen LogP contribution is 2.42. The van der Waals surface area contributed by atoms with Crippen LogP contribution in [0.3, 0.4) is 0 Å². The van der Waals surface area contributed by atoms with Crippen LogP contribution in [0.2, 0.25) is 0 Å². The summed E-state index contributed by atoms with van der Waals surface area (Å²) in [7, 11) is 1.39. The number of carbonyl (C=O) groups is 1. The molecule has 0 spiro atoms. The molecular weight excluding hydrogens is 144 g/mol. The molecule has 1 fully saturated rings. The van der Waals surface area contributed by atoms with Gasteiger partial charge in [-0.1, -0.05) is 13.8 Å². The molecule has 0 aromatic carbocycles. The Balaban J connectivity index is 2.50. The first-order valence-electron chi connectivity index (χ1n) is 3.95. The van der Waals surface area contributed by atoms with Crippen molar-refractivity contribution in [2.75, 3.05) is 7.11 Å². The third kappa shape index (κ3) is 1.25. The van der Waals surface area contributed by atoms with Gasteiger partial charge >= 0.3 is 5.97 Å². The normalized spacial score (nSPS) is 26.3. The fraction of sp³-hybridized carbons (Fsp3) is 0.875. The molecule has 0 aliphatic carbocycles. The highest BCUT2D eigenvalue weighted by atomic mass is 16.6. The van der Waals surface area contributed by atoms with Crippen molar-refractivity contribution in [2.24, 2.45) is 0 Å². The molecule has 1 unspecified atom stereocenters. The van der Waals surface area contributed by atoms with Gasteiger partial charge in [0.15, 0.2) is 6.10 Å². The Hall–Kier alpha value is -0.570. The van der Waals surface area contributed by atoms with Crippen LogP contribution in [0.4, 0.5) is 0 Å². The molecule has 3 heteroatoms. The zero-order chi connectivity index (χ0) is 8.48. The number of rotatable bonds is 3. The Morgan fingerprint density at radius 3 is 2.36 bits per heavy atom. The molecule has 1 saturated heterocycles. The molecule has 0 amide bonds. The fourth-order valence-corrected chi connectivity index (χ4v) is 1.36. The fourth-order valence-electron chi connectivity index (χ4n) is 1.36. The van der Waals surface area contributed by atoms with Crippen molar-refractivity contribution >= 4 is 5.97 Å². The molecule has 1 rings (SSSR count). The van der Waals surface area contributed by atoms with E-state index in [2.05, 4.69) is 4.74 Å². The number of ether oxygens (including phenoxy) is 2. The first-order valence-corrected chi connectivity index (χ1v) is 3.95. The molecule has 3 nitrogen and oxygen atoms in total. The molecule has 0 N–H and O–H groups in total. The van der Waals surface area contributed by atoms with E-state index in [1.165, 1.54) is 7.11 Å². The topological polar surface area (TPSA) is 38.8 Å². The third-order valence-electron chi connectivity index (χ3n) is 2.39. The monoisotopic (exact) mass is 158 g/mol. The summed E-state index contributed by atoms with van der Waals surface area (Å²) in [6.45, 7) is 4.04. The first kappa shape index (κ1) is 8.53. The minimum Gasteiger partial charge on any atom is -0.467 e. The lowest BCUT2D eigenvalue weighted by atomic mass is 9.99. The van der Waals surface area contributed by atoms with Crippen LogP contribution in [0.1, 0.15) is 26.7 Å². The molecule has 0 aromatic heterocycles. The maximum atomic E-state index is 11.0. The molecule has 1 aliphatic heterocycles. The molecule has 11 heavy (non-hydrogen) atoms. The highest BCUT2D eigenvalue weighted by Gasteiger charge is 2.58. The van der Waals surface area contributed by atoms with Crippen molar-refractivity contribution in [3.8, 4) is 0 Å². The van der Waals surface area contributed by atoms with E-state index in [1.54, 1.807) is 0 Å². The molecule has 1 aliphatic rings. The van der Waals surface area contributed by atoms with Gasteiger partial charge in [-0.05, 0) is 12.8 Å². The van der Waals surface area contributed by atoms with E-state index in [4.69, 9.17) is 4.74 Å². The van der Waals surface area contributed by atoms with Crippen molar-refractivity contribution in [3.63, 3.8) is 0 Å². The van der Waals surface area contributed by atoms with E-state index >= 15 is 0 Å². The number of hydrogen-bond acceptors (Lipinski definition) is 3. The SMILES string of the molecule is CCC1(CC)OC1C(=O)OC. The van der Waals surface area contributed by atoms with Gasteiger partial charge in [-0.15, -0.1) is 0 Å². The predicted molar refractivity (Wildman–Crippen MR) is 40.2 cm³/mol. The van der Waals surface area contributed by atoms with Crippen LogP contribution in [0, 0.1) is 0 Å². The van der Waals surface area contributed by atoms with E-state index in [0.717, 1.165) is 12.8 Å². The van der Waals surface area contributed by atoms with Gasteiger partial charge in [-0.2, -0.15) is 0 Å². The summed E-state index contributed by atoms with van der Waals surface area (Å²) >= 11 is 0. The second-order valence-electron chi connectivity index (χ2n) is 2.79. The summed E-state index contributed by atoms with van der Waals surface area (Å²) in [6.07, 6.45) is 1.45. The van der Waals surface area contributed by atoms with Crippen LogP contribution in [0.25, 0.3) is 0 Å². The smallest absolute Gasteiger partial charge is 0.338 e. The van der Waals surface area contributed by atoms with E-state index in [0.29, 0.717) is 0 Å². The van der Waals surface area contributed by atoms with E-state index in [9.17, 15) is 4.79 Å². The van der Waals surface area contributed by atoms with Crippen molar-refractivity contribution in [3.05, 3.63) is 0 Å². The Labute approximate surface area is 66.7 Å². The molecule has 0 aromatic rings. The summed E-state index contributed by atoms with van der Waals surface area (Å²) in [5.74, 6) is -0.242. The number of carbonyl (C=O) groups excluding carboxylic acids is 1. The van der Waals surface area contributed by atoms with Gasteiger partial charge < -0.3 is 9.47 Å². The number of methoxy groups -OCH3 is 1. The van der Waals surface area contributed by atoms with Gasteiger partial charge in [0.1, 0.15) is 5.60 Å². The van der Waals surface area contributed by atoms with E-state index in [1.807, 2.05) is 13.8 Å². The van der Waals surface area contributed by atoms with Gasteiger partial charge in [-0.25, -0.2) is 4.79 Å². The minimum atomic E-state index is -0.303. The molecule has 1 atom stereocenters. The van der Waals surface area contributed by atoms with Gasteiger partial charge in [0.05, 0.1) is 7.11 Å². The summed E-state index contributed by atoms with van der Waals surface area (Å²) in [6, 6.07) is 0. The Morgan fingerprint density at radius 1 is 1.55 bits per heavy atom. The number of esters is 1. The van der Waals surface area contributed by atoms with Crippen molar-refractivity contribution in [2.45, 2.75) is 38.4 Å². The van der Waals surface area contributed by atoms with Crippen LogP contribution >= 0.6 is 0 Å². The molecule has 0 saturated carbocycles. The lowest BCUT2D eigenvalue weighted by molar-refractivity contribution is -0.142. The van der Waals surface area contributed by atoms with Crippen LogP contribution in [-0.4, -0.2) is 24.8 Å². The van der Waals surface area contributed by atoms with Gasteiger partial charge in [0.2, 0.25) is 0 Å². The van der Waals surface area contributed by atoms with Crippen LogP contribution in [0.5, 0.6) is 0 Å². The molecule has 64 valence electrons. The van der Waals surface area contributed by atoms with Crippen molar-refractivity contribution < 1.29 is 14.3 Å². The van der Waals surface area contributed by atoms with Gasteiger partial charge in [0.25, 0.3) is 0 Å². The zero-order valence-corrected chi connectivity index (χ0v) is 7.22. The number of epoxide rings is 1. The molecule has 1 heterocycles. The first-order chi connectivity index (χ1) is 5.20. The van der Waals surface area contributed by atoms with Crippen LogP contribution < -0.4 is 0 Å². The average molecular weight is 158 g/mol. The Bertz CT molecular complexity index is 161. The average Bonchev–Trinajstić information content (AvgIpc) is 2.78. The van der Waals surface area contributed by atoms with Crippen LogP contribution in [-0.2, 0) is 14.3 Å². The second-order valence-corrected chi connectivity index (χ2v) is 2.79. The Morgan fingerprint density at radius 2 is 2.09 bits per heavy atom. The lowest BCUT2D eigenvalue weighted by Crippen LogP contribution is -2.20. The standard InChI is InChI=1S/C8H14O3/c1-4-8(5-2)6(11-8)7(9)10-3/h6H,4-5H2,1-3H3. The largest absolute Gasteiger partial charge is 0.467 e. The summed E-state index contributed by atoms with van der Waals surface area (Å²) in [4.78, 5) is 11.0. The van der Waals surface area contributed by atoms with E-state index in [-0.39, 0.29) is 17.7 Å². The van der Waals surface area contributed by atoms with E-state index < -0.39 is 0 Å². The van der Waals surface area contributed by atoms with Crippen molar-refractivity contribution in [1.29, 1.82) is 0 Å². The predicted octanol–water partition coefficient (Wildman–Crippen LogP) is 1.12. The lowest BCUT2D eigenvalue weighted by Gasteiger charge is -2.03. The second kappa shape index (κ2) is 2.81. The molecular formula is C8H14O3. The Kier molecular flexibility index (Phi) is 2.18. The summed E-state index contributed by atoms with van der Waals surface area (Å²) < 4.78 is 9.85. The minimum absolute atomic E-state index is 0.201. The zero-order valence-electron chi connectivity index (χ0n) is 7.22. The van der Waals surface area contributed by atoms with Crippen molar-refractivity contribution in [1.82, 2.24) is 0 Å². The van der Waals surface area contributed by atoms with Crippen LogP contribution in [0.15, 0.2) is 0 Å². The maximum absolute atomic E-state index is 11.0. The molecule has 0 bridgehead atoms. The van der Waals surface area contributed by atoms with Gasteiger partial charge in [-0.3, -0.25) is 0 Å². The highest BCUT2D eigenvalue weighted by molar-refractivity contribution is 5.79. The maximum Gasteiger partial charge on any atom is 0.338 e. The molecule has 0 radical (unpaired) electrons.